The molecule has 2 aromatic carbocycles. The second kappa shape index (κ2) is 11.6. The summed E-state index contributed by atoms with van der Waals surface area (Å²) in [5.74, 6) is 0.613. The van der Waals surface area contributed by atoms with Crippen molar-refractivity contribution >= 4 is 0 Å². The lowest BCUT2D eigenvalue weighted by atomic mass is 10.1. The van der Waals surface area contributed by atoms with E-state index in [0.717, 1.165) is 36.3 Å². The van der Waals surface area contributed by atoms with Gasteiger partial charge < -0.3 is 9.84 Å². The Balaban J connectivity index is 1.96. The van der Waals surface area contributed by atoms with E-state index in [-0.39, 0.29) is 5.82 Å². The van der Waals surface area contributed by atoms with Gasteiger partial charge in [0.2, 0.25) is 5.88 Å². The molecule has 0 fully saturated rings. The number of aryl methyl sites for hydroxylation is 1. The number of rotatable bonds is 12. The summed E-state index contributed by atoms with van der Waals surface area (Å²) in [5.41, 5.74) is 2.62. The number of benzene rings is 2. The summed E-state index contributed by atoms with van der Waals surface area (Å²) in [5, 5.41) is 15.2. The van der Waals surface area contributed by atoms with Gasteiger partial charge in [0.15, 0.2) is 0 Å². The van der Waals surface area contributed by atoms with E-state index < -0.39 is 6.10 Å². The van der Waals surface area contributed by atoms with Gasteiger partial charge >= 0.3 is 0 Å². The zero-order valence-electron chi connectivity index (χ0n) is 18.9. The fourth-order valence-corrected chi connectivity index (χ4v) is 3.69. The van der Waals surface area contributed by atoms with Gasteiger partial charge in [-0.05, 0) is 57.0 Å². The van der Waals surface area contributed by atoms with E-state index in [9.17, 15) is 9.50 Å². The van der Waals surface area contributed by atoms with Crippen LogP contribution >= 0.6 is 0 Å². The third kappa shape index (κ3) is 6.28. The van der Waals surface area contributed by atoms with Crippen LogP contribution in [0.25, 0.3) is 5.69 Å². The van der Waals surface area contributed by atoms with Crippen molar-refractivity contribution in [3.05, 3.63) is 84.3 Å². The largest absolute Gasteiger partial charge is 0.438 e. The van der Waals surface area contributed by atoms with Gasteiger partial charge in [0.25, 0.3) is 0 Å². The SMILES string of the molecule is C=CCC[C@H](O)CN(CCC)Cc1c(C)nn(-c2ccccc2)c1Oc1cccc(F)c1. The Hall–Kier alpha value is -2.96. The molecule has 32 heavy (non-hydrogen) atoms. The second-order valence-electron chi connectivity index (χ2n) is 7.93. The molecule has 1 atom stereocenters. The van der Waals surface area contributed by atoms with Crippen molar-refractivity contribution in [3.8, 4) is 17.3 Å². The quantitative estimate of drug-likeness (QED) is 0.372. The Bertz CT molecular complexity index is 1000. The predicted octanol–water partition coefficient (Wildman–Crippen LogP) is 5.65. The van der Waals surface area contributed by atoms with Gasteiger partial charge in [-0.3, -0.25) is 4.90 Å². The minimum absolute atomic E-state index is 0.357. The van der Waals surface area contributed by atoms with Gasteiger partial charge in [-0.1, -0.05) is 37.3 Å². The Labute approximate surface area is 189 Å². The number of ether oxygens (including phenoxy) is 1. The highest BCUT2D eigenvalue weighted by atomic mass is 19.1. The van der Waals surface area contributed by atoms with Crippen LogP contribution in [0.15, 0.2) is 67.3 Å². The third-order valence-corrected chi connectivity index (χ3v) is 5.24. The van der Waals surface area contributed by atoms with Crippen LogP contribution in [0.3, 0.4) is 0 Å². The number of aromatic nitrogens is 2. The lowest BCUT2D eigenvalue weighted by molar-refractivity contribution is 0.102. The van der Waals surface area contributed by atoms with Crippen LogP contribution in [0.1, 0.15) is 37.4 Å². The second-order valence-corrected chi connectivity index (χ2v) is 7.93. The maximum Gasteiger partial charge on any atom is 0.227 e. The van der Waals surface area contributed by atoms with Crippen LogP contribution < -0.4 is 4.74 Å². The Kier molecular flexibility index (Phi) is 8.59. The fourth-order valence-electron chi connectivity index (χ4n) is 3.69. The molecule has 5 nitrogen and oxygen atoms in total. The number of para-hydroxylation sites is 1. The molecule has 0 unspecified atom stereocenters. The molecule has 0 radical (unpaired) electrons. The predicted molar refractivity (Wildman–Crippen MR) is 126 cm³/mol. The first-order valence-corrected chi connectivity index (χ1v) is 11.1. The molecule has 0 aliphatic carbocycles. The minimum atomic E-state index is -0.434. The van der Waals surface area contributed by atoms with Gasteiger partial charge in [-0.25, -0.2) is 9.07 Å². The molecule has 3 aromatic rings. The highest BCUT2D eigenvalue weighted by molar-refractivity contribution is 5.43. The molecular formula is C26H32FN3O2. The molecule has 0 aliphatic heterocycles. The summed E-state index contributed by atoms with van der Waals surface area (Å²) < 4.78 is 21.8. The van der Waals surface area contributed by atoms with Crippen molar-refractivity contribution in [1.82, 2.24) is 14.7 Å². The number of aliphatic hydroxyl groups excluding tert-OH is 1. The van der Waals surface area contributed by atoms with Crippen molar-refractivity contribution in [2.75, 3.05) is 13.1 Å². The maximum absolute atomic E-state index is 13.8. The average molecular weight is 438 g/mol. The lowest BCUT2D eigenvalue weighted by Gasteiger charge is -2.25. The van der Waals surface area contributed by atoms with Crippen molar-refractivity contribution in [3.63, 3.8) is 0 Å². The van der Waals surface area contributed by atoms with Crippen LogP contribution in [0.5, 0.6) is 11.6 Å². The first-order chi connectivity index (χ1) is 15.5. The van der Waals surface area contributed by atoms with Crippen LogP contribution in [0, 0.1) is 12.7 Å². The fraction of sp³-hybridized carbons (Fsp3) is 0.346. The molecule has 1 aromatic heterocycles. The van der Waals surface area contributed by atoms with Crippen LogP contribution in [0.2, 0.25) is 0 Å². The zero-order valence-corrected chi connectivity index (χ0v) is 18.9. The van der Waals surface area contributed by atoms with Crippen LogP contribution in [0.4, 0.5) is 4.39 Å². The van der Waals surface area contributed by atoms with Crippen molar-refractivity contribution in [2.24, 2.45) is 0 Å². The van der Waals surface area contributed by atoms with Crippen molar-refractivity contribution in [2.45, 2.75) is 45.8 Å². The zero-order chi connectivity index (χ0) is 22.9. The molecule has 1 heterocycles. The number of hydrogen-bond donors (Lipinski definition) is 1. The summed E-state index contributed by atoms with van der Waals surface area (Å²) in [7, 11) is 0. The molecule has 0 aliphatic rings. The van der Waals surface area contributed by atoms with Gasteiger partial charge in [0.1, 0.15) is 11.6 Å². The number of halogens is 1. The Morgan fingerprint density at radius 3 is 2.69 bits per heavy atom. The molecule has 170 valence electrons. The van der Waals surface area contributed by atoms with E-state index in [0.29, 0.717) is 31.1 Å². The first-order valence-electron chi connectivity index (χ1n) is 11.1. The Morgan fingerprint density at radius 1 is 1.22 bits per heavy atom. The molecule has 0 spiro atoms. The summed E-state index contributed by atoms with van der Waals surface area (Å²) in [6, 6.07) is 15.9. The summed E-state index contributed by atoms with van der Waals surface area (Å²) in [4.78, 5) is 2.21. The average Bonchev–Trinajstić information content (AvgIpc) is 3.08. The van der Waals surface area contributed by atoms with Crippen LogP contribution in [-0.2, 0) is 6.54 Å². The molecule has 3 rings (SSSR count). The normalized spacial score (nSPS) is 12.2. The van der Waals surface area contributed by atoms with E-state index in [1.165, 1.54) is 12.1 Å². The topological polar surface area (TPSA) is 50.5 Å². The highest BCUT2D eigenvalue weighted by Gasteiger charge is 2.22. The molecule has 1 N–H and O–H groups in total. The smallest absolute Gasteiger partial charge is 0.227 e. The van der Waals surface area contributed by atoms with Gasteiger partial charge in [-0.15, -0.1) is 6.58 Å². The van der Waals surface area contributed by atoms with Gasteiger partial charge in [0.05, 0.1) is 23.0 Å². The van der Waals surface area contributed by atoms with Crippen LogP contribution in [-0.4, -0.2) is 39.0 Å². The number of hydrogen-bond acceptors (Lipinski definition) is 4. The van der Waals surface area contributed by atoms with Gasteiger partial charge in [0, 0.05) is 19.2 Å². The van der Waals surface area contributed by atoms with E-state index >= 15 is 0 Å². The highest BCUT2D eigenvalue weighted by Crippen LogP contribution is 2.32. The summed E-state index contributed by atoms with van der Waals surface area (Å²) in [6.07, 6.45) is 3.81. The van der Waals surface area contributed by atoms with E-state index in [2.05, 4.69) is 18.4 Å². The first kappa shape index (κ1) is 23.7. The molecule has 0 saturated heterocycles. The van der Waals surface area contributed by atoms with Crippen molar-refractivity contribution < 1.29 is 14.2 Å². The Morgan fingerprint density at radius 2 is 2.00 bits per heavy atom. The maximum atomic E-state index is 13.8. The molecular weight excluding hydrogens is 405 g/mol. The standard InChI is InChI=1S/C26H32FN3O2/c1-4-6-14-23(31)18-29(16-5-2)19-25-20(3)28-30(22-12-8-7-9-13-22)26(25)32-24-15-10-11-21(27)17-24/h4,7-13,15,17,23,31H,1,5-6,14,16,18-19H2,2-3H3/t23-/m0/s1. The van der Waals surface area contributed by atoms with E-state index in [1.54, 1.807) is 16.8 Å². The minimum Gasteiger partial charge on any atom is -0.438 e. The molecule has 0 saturated carbocycles. The van der Waals surface area contributed by atoms with Gasteiger partial charge in [-0.2, -0.15) is 5.10 Å². The number of aliphatic hydroxyl groups is 1. The third-order valence-electron chi connectivity index (χ3n) is 5.24. The molecule has 6 heteroatoms. The lowest BCUT2D eigenvalue weighted by Crippen LogP contribution is -2.33. The molecule has 0 bridgehead atoms. The summed E-state index contributed by atoms with van der Waals surface area (Å²) >= 11 is 0. The monoisotopic (exact) mass is 437 g/mol. The number of allylic oxidation sites excluding steroid dienone is 1. The van der Waals surface area contributed by atoms with E-state index in [4.69, 9.17) is 9.84 Å². The molecule has 0 amide bonds. The van der Waals surface area contributed by atoms with E-state index in [1.807, 2.05) is 43.3 Å². The van der Waals surface area contributed by atoms with Crippen molar-refractivity contribution in [1.29, 1.82) is 0 Å². The number of nitrogens with zero attached hydrogens (tertiary/aromatic N) is 3. The summed E-state index contributed by atoms with van der Waals surface area (Å²) in [6.45, 7) is 9.76.